The molecule has 0 bridgehead atoms. The number of benzene rings is 2. The lowest BCUT2D eigenvalue weighted by atomic mass is 10.1. The molecule has 124 valence electrons. The molecule has 0 aliphatic carbocycles. The molecule has 3 rings (SSSR count). The molecule has 0 fully saturated rings. The number of carbonyl (C=O) groups is 1. The molecule has 0 radical (unpaired) electrons. The number of nitrogens with zero attached hydrogens (tertiary/aromatic N) is 1. The van der Waals surface area contributed by atoms with Crippen LogP contribution in [0.15, 0.2) is 65.1 Å². The van der Waals surface area contributed by atoms with Crippen LogP contribution in [0.1, 0.15) is 11.1 Å². The number of carbonyl (C=O) groups excluding carboxylic acids is 1. The molecule has 0 atom stereocenters. The van der Waals surface area contributed by atoms with Crippen LogP contribution in [0.2, 0.25) is 5.02 Å². The van der Waals surface area contributed by atoms with Crippen LogP contribution < -0.4 is 0 Å². The summed E-state index contributed by atoms with van der Waals surface area (Å²) in [5.41, 5.74) is 2.65. The molecule has 2 aromatic carbocycles. The van der Waals surface area contributed by atoms with Crippen molar-refractivity contribution >= 4 is 27.5 Å². The minimum Gasteiger partial charge on any atom is -0.269 e. The van der Waals surface area contributed by atoms with Gasteiger partial charge in [-0.3, -0.25) is 4.79 Å². The van der Waals surface area contributed by atoms with Crippen molar-refractivity contribution in [3.8, 4) is 0 Å². The van der Waals surface area contributed by atoms with Crippen LogP contribution in [0.4, 0.5) is 0 Å². The maximum Gasteiger partial charge on any atom is 0.267 e. The second kappa shape index (κ2) is 6.42. The first-order chi connectivity index (χ1) is 11.4. The molecule has 1 aliphatic heterocycles. The maximum atomic E-state index is 12.7. The Labute approximate surface area is 146 Å². The molecule has 0 aromatic heterocycles. The zero-order valence-electron chi connectivity index (χ0n) is 13.1. The Morgan fingerprint density at radius 1 is 1.12 bits per heavy atom. The molecule has 0 unspecified atom stereocenters. The molecule has 24 heavy (non-hydrogen) atoms. The third kappa shape index (κ3) is 3.37. The largest absolute Gasteiger partial charge is 0.269 e. The van der Waals surface area contributed by atoms with E-state index in [0.29, 0.717) is 11.4 Å². The zero-order chi connectivity index (χ0) is 17.3. The minimum atomic E-state index is -3.83. The van der Waals surface area contributed by atoms with Crippen molar-refractivity contribution in [2.45, 2.75) is 18.2 Å². The number of hydrogen-bond acceptors (Lipinski definition) is 3. The summed E-state index contributed by atoms with van der Waals surface area (Å²) in [6.45, 7) is 1.95. The van der Waals surface area contributed by atoms with Gasteiger partial charge in [0.2, 0.25) is 0 Å². The van der Waals surface area contributed by atoms with Crippen molar-refractivity contribution in [3.63, 3.8) is 0 Å². The Hall–Kier alpha value is -2.11. The summed E-state index contributed by atoms with van der Waals surface area (Å²) in [4.78, 5) is 12.3. The molecular weight excluding hydrogens is 346 g/mol. The Morgan fingerprint density at radius 2 is 1.83 bits per heavy atom. The van der Waals surface area contributed by atoms with Crippen LogP contribution in [0.3, 0.4) is 0 Å². The summed E-state index contributed by atoms with van der Waals surface area (Å²) in [6, 6.07) is 13.8. The van der Waals surface area contributed by atoms with E-state index < -0.39 is 15.9 Å². The second-order valence-corrected chi connectivity index (χ2v) is 8.07. The van der Waals surface area contributed by atoms with E-state index in [0.717, 1.165) is 21.0 Å². The Balaban J connectivity index is 1.80. The van der Waals surface area contributed by atoms with E-state index in [4.69, 9.17) is 11.6 Å². The van der Waals surface area contributed by atoms with Crippen molar-refractivity contribution in [2.75, 3.05) is 6.54 Å². The molecule has 0 spiro atoms. The van der Waals surface area contributed by atoms with Gasteiger partial charge in [0.1, 0.15) is 0 Å². The molecule has 1 aliphatic rings. The number of amides is 1. The van der Waals surface area contributed by atoms with Crippen molar-refractivity contribution in [1.29, 1.82) is 0 Å². The second-order valence-electron chi connectivity index (χ2n) is 5.77. The first kappa shape index (κ1) is 16.7. The van der Waals surface area contributed by atoms with E-state index in [1.54, 1.807) is 18.2 Å². The van der Waals surface area contributed by atoms with Crippen LogP contribution in [0.5, 0.6) is 0 Å². The summed E-state index contributed by atoms with van der Waals surface area (Å²) in [5.74, 6) is -0.507. The lowest BCUT2D eigenvalue weighted by molar-refractivity contribution is -0.120. The fourth-order valence-corrected chi connectivity index (χ4v) is 4.18. The standard InChI is InChI=1S/C18H16ClNO3S/c1-13-5-7-17(8-6-13)24(22,23)20-12-15(11-18(20)21)9-14-3-2-4-16(19)10-14/h2-8,10-11H,9,12H2,1H3. The molecular formula is C18H16ClNO3S. The van der Waals surface area contributed by atoms with Gasteiger partial charge in [0.05, 0.1) is 11.4 Å². The van der Waals surface area contributed by atoms with Gasteiger partial charge in [-0.05, 0) is 48.7 Å². The van der Waals surface area contributed by atoms with Gasteiger partial charge < -0.3 is 0 Å². The van der Waals surface area contributed by atoms with Gasteiger partial charge in [0, 0.05) is 11.1 Å². The topological polar surface area (TPSA) is 54.5 Å². The number of aryl methyl sites for hydroxylation is 1. The normalized spacial score (nSPS) is 14.8. The SMILES string of the molecule is Cc1ccc(S(=O)(=O)N2CC(Cc3cccc(Cl)c3)=CC2=O)cc1. The fraction of sp³-hybridized carbons (Fsp3) is 0.167. The first-order valence-electron chi connectivity index (χ1n) is 7.43. The van der Waals surface area contributed by atoms with E-state index in [2.05, 4.69) is 0 Å². The van der Waals surface area contributed by atoms with E-state index in [1.807, 2.05) is 25.1 Å². The van der Waals surface area contributed by atoms with Crippen LogP contribution in [-0.2, 0) is 21.2 Å². The van der Waals surface area contributed by atoms with Gasteiger partial charge in [-0.15, -0.1) is 0 Å². The van der Waals surface area contributed by atoms with Crippen molar-refractivity contribution in [3.05, 3.63) is 76.3 Å². The lowest BCUT2D eigenvalue weighted by Gasteiger charge is -2.17. The highest BCUT2D eigenvalue weighted by Gasteiger charge is 2.33. The van der Waals surface area contributed by atoms with E-state index in [1.165, 1.54) is 18.2 Å². The van der Waals surface area contributed by atoms with Crippen LogP contribution in [0, 0.1) is 6.92 Å². The molecule has 6 heteroatoms. The summed E-state index contributed by atoms with van der Waals surface area (Å²) in [5, 5.41) is 0.613. The molecule has 1 amide bonds. The molecule has 4 nitrogen and oxygen atoms in total. The predicted octanol–water partition coefficient (Wildman–Crippen LogP) is 3.35. The van der Waals surface area contributed by atoms with Crippen LogP contribution in [-0.4, -0.2) is 25.2 Å². The highest BCUT2D eigenvalue weighted by Crippen LogP contribution is 2.24. The molecule has 1 heterocycles. The van der Waals surface area contributed by atoms with Gasteiger partial charge >= 0.3 is 0 Å². The number of rotatable bonds is 4. The molecule has 0 saturated carbocycles. The summed E-state index contributed by atoms with van der Waals surface area (Å²) >= 11 is 5.96. The minimum absolute atomic E-state index is 0.0710. The van der Waals surface area contributed by atoms with Gasteiger partial charge in [-0.2, -0.15) is 0 Å². The van der Waals surface area contributed by atoms with Crippen LogP contribution >= 0.6 is 11.6 Å². The highest BCUT2D eigenvalue weighted by molar-refractivity contribution is 7.89. The monoisotopic (exact) mass is 361 g/mol. The predicted molar refractivity (Wildman–Crippen MR) is 93.3 cm³/mol. The highest BCUT2D eigenvalue weighted by atomic mass is 35.5. The smallest absolute Gasteiger partial charge is 0.267 e. The number of halogens is 1. The Kier molecular flexibility index (Phi) is 4.47. The van der Waals surface area contributed by atoms with E-state index >= 15 is 0 Å². The van der Waals surface area contributed by atoms with E-state index in [-0.39, 0.29) is 11.4 Å². The Bertz CT molecular complexity index is 918. The van der Waals surface area contributed by atoms with Crippen molar-refractivity contribution in [2.24, 2.45) is 0 Å². The summed E-state index contributed by atoms with van der Waals surface area (Å²) in [6.07, 6.45) is 1.89. The third-order valence-electron chi connectivity index (χ3n) is 3.85. The van der Waals surface area contributed by atoms with Gasteiger partial charge in [0.25, 0.3) is 15.9 Å². The van der Waals surface area contributed by atoms with Gasteiger partial charge in [-0.25, -0.2) is 12.7 Å². The average Bonchev–Trinajstić information content (AvgIpc) is 2.89. The van der Waals surface area contributed by atoms with Gasteiger partial charge in [-0.1, -0.05) is 41.4 Å². The molecule has 0 saturated heterocycles. The molecule has 2 aromatic rings. The van der Waals surface area contributed by atoms with Crippen LogP contribution in [0.25, 0.3) is 0 Å². The third-order valence-corrected chi connectivity index (χ3v) is 5.84. The fourth-order valence-electron chi connectivity index (χ4n) is 2.61. The van der Waals surface area contributed by atoms with Gasteiger partial charge in [0.15, 0.2) is 0 Å². The quantitative estimate of drug-likeness (QED) is 0.839. The average molecular weight is 362 g/mol. The molecule has 0 N–H and O–H groups in total. The first-order valence-corrected chi connectivity index (χ1v) is 9.25. The zero-order valence-corrected chi connectivity index (χ0v) is 14.6. The lowest BCUT2D eigenvalue weighted by Crippen LogP contribution is -2.33. The summed E-state index contributed by atoms with van der Waals surface area (Å²) < 4.78 is 26.2. The van der Waals surface area contributed by atoms with E-state index in [9.17, 15) is 13.2 Å². The number of sulfonamides is 1. The summed E-state index contributed by atoms with van der Waals surface area (Å²) in [7, 11) is -3.83. The van der Waals surface area contributed by atoms with Crippen molar-refractivity contribution in [1.82, 2.24) is 4.31 Å². The number of hydrogen-bond donors (Lipinski definition) is 0. The Morgan fingerprint density at radius 3 is 2.50 bits per heavy atom. The van der Waals surface area contributed by atoms with Crippen molar-refractivity contribution < 1.29 is 13.2 Å². The maximum absolute atomic E-state index is 12.7.